The summed E-state index contributed by atoms with van der Waals surface area (Å²) in [5.41, 5.74) is 11.2. The molecule has 0 unspecified atom stereocenters. The molecule has 2 aromatic heterocycles. The lowest BCUT2D eigenvalue weighted by Crippen LogP contribution is -2.10. The third-order valence-electron chi connectivity index (χ3n) is 6.08. The van der Waals surface area contributed by atoms with Gasteiger partial charge in [-0.25, -0.2) is 4.98 Å². The van der Waals surface area contributed by atoms with Crippen LogP contribution in [0.4, 0.5) is 5.13 Å². The lowest BCUT2D eigenvalue weighted by molar-refractivity contribution is 0.297. The Morgan fingerprint density at radius 3 is 2.62 bits per heavy atom. The molecule has 0 amide bonds. The molecule has 1 N–H and O–H groups in total. The Bertz CT molecular complexity index is 1480. The van der Waals surface area contributed by atoms with Gasteiger partial charge >= 0.3 is 0 Å². The van der Waals surface area contributed by atoms with Crippen LogP contribution in [0.25, 0.3) is 21.1 Å². The Labute approximate surface area is 203 Å². The van der Waals surface area contributed by atoms with E-state index in [1.165, 1.54) is 33.3 Å². The summed E-state index contributed by atoms with van der Waals surface area (Å²) in [4.78, 5) is 4.60. The Morgan fingerprint density at radius 1 is 1.00 bits per heavy atom. The minimum absolute atomic E-state index is 0.600. The zero-order valence-electron chi connectivity index (χ0n) is 19.9. The fourth-order valence-electron chi connectivity index (χ4n) is 4.35. The first-order valence-corrected chi connectivity index (χ1v) is 12.3. The number of rotatable bonds is 7. The van der Waals surface area contributed by atoms with Crippen molar-refractivity contribution in [3.05, 3.63) is 88.6 Å². The molecule has 0 aliphatic carbocycles. The van der Waals surface area contributed by atoms with Gasteiger partial charge in [-0.15, -0.1) is 0 Å². The van der Waals surface area contributed by atoms with Crippen molar-refractivity contribution in [1.82, 2.24) is 9.55 Å². The molecule has 0 aliphatic heterocycles. The summed E-state index contributed by atoms with van der Waals surface area (Å²) in [6, 6.07) is 21.0. The Balaban J connectivity index is 1.38. The second kappa shape index (κ2) is 9.31. The van der Waals surface area contributed by atoms with Crippen LogP contribution in [0.15, 0.2) is 65.8 Å². The maximum atomic E-state index is 6.13. The largest absolute Gasteiger partial charge is 0.491 e. The van der Waals surface area contributed by atoms with Crippen LogP contribution in [0.3, 0.4) is 0 Å². The molecule has 0 saturated carbocycles. The van der Waals surface area contributed by atoms with Crippen molar-refractivity contribution in [1.29, 1.82) is 0 Å². The van der Waals surface area contributed by atoms with Crippen molar-refractivity contribution in [2.45, 2.75) is 34.2 Å². The molecule has 2 heterocycles. The topological polar surface area (TPSA) is 51.4 Å². The monoisotopic (exact) mass is 468 g/mol. The highest BCUT2D eigenvalue weighted by Crippen LogP contribution is 2.28. The maximum Gasteiger partial charge on any atom is 0.204 e. The van der Waals surface area contributed by atoms with Gasteiger partial charge in [0, 0.05) is 22.2 Å². The first kappa shape index (κ1) is 22.2. The second-order valence-corrected chi connectivity index (χ2v) is 9.68. The number of para-hydroxylation sites is 1. The molecule has 0 spiro atoms. The number of fused-ring (bicyclic) bond motifs is 2. The summed E-state index contributed by atoms with van der Waals surface area (Å²) >= 11 is 1.60. The molecule has 5 aromatic rings. The normalized spacial score (nSPS) is 11.6. The number of hydrazone groups is 1. The van der Waals surface area contributed by atoms with E-state index in [4.69, 9.17) is 4.74 Å². The fraction of sp³-hybridized carbons (Fsp3) is 0.214. The predicted octanol–water partition coefficient (Wildman–Crippen LogP) is 7.01. The lowest BCUT2D eigenvalue weighted by Gasteiger charge is -2.12. The van der Waals surface area contributed by atoms with E-state index in [1.807, 2.05) is 24.4 Å². The summed E-state index contributed by atoms with van der Waals surface area (Å²) in [6.45, 7) is 9.82. The van der Waals surface area contributed by atoms with E-state index in [0.29, 0.717) is 6.61 Å². The average Bonchev–Trinajstić information content (AvgIpc) is 3.34. The molecule has 3 aromatic carbocycles. The number of aromatic nitrogens is 2. The first-order valence-electron chi connectivity index (χ1n) is 11.4. The van der Waals surface area contributed by atoms with Gasteiger partial charge in [0.15, 0.2) is 0 Å². The van der Waals surface area contributed by atoms with Crippen LogP contribution >= 0.6 is 11.3 Å². The predicted molar refractivity (Wildman–Crippen MR) is 144 cm³/mol. The number of benzene rings is 3. The van der Waals surface area contributed by atoms with E-state index >= 15 is 0 Å². The highest BCUT2D eigenvalue weighted by Gasteiger charge is 2.13. The third-order valence-corrected chi connectivity index (χ3v) is 7.02. The van der Waals surface area contributed by atoms with E-state index in [1.54, 1.807) is 11.3 Å². The second-order valence-electron chi connectivity index (χ2n) is 8.65. The Kier molecular flexibility index (Phi) is 6.07. The maximum absolute atomic E-state index is 6.13. The molecule has 0 bridgehead atoms. The van der Waals surface area contributed by atoms with Crippen molar-refractivity contribution in [3.8, 4) is 5.75 Å². The van der Waals surface area contributed by atoms with Crippen LogP contribution in [0.2, 0.25) is 0 Å². The molecule has 5 nitrogen and oxygen atoms in total. The summed E-state index contributed by atoms with van der Waals surface area (Å²) in [6.07, 6.45) is 1.91. The SMILES string of the molecule is Cc1ccc(OCCn2c(C)c(C=NNc3nc4ccccc4s3)c3cc(C)ccc32)c(C)c1. The fourth-order valence-corrected chi connectivity index (χ4v) is 5.17. The number of nitrogens with zero attached hydrogens (tertiary/aromatic N) is 3. The van der Waals surface area contributed by atoms with Gasteiger partial charge in [0.05, 0.1) is 23.0 Å². The summed E-state index contributed by atoms with van der Waals surface area (Å²) < 4.78 is 9.59. The van der Waals surface area contributed by atoms with Gasteiger partial charge < -0.3 is 9.30 Å². The lowest BCUT2D eigenvalue weighted by atomic mass is 10.1. The zero-order valence-corrected chi connectivity index (χ0v) is 20.7. The summed E-state index contributed by atoms with van der Waals surface area (Å²) in [5, 5.41) is 6.52. The van der Waals surface area contributed by atoms with Crippen LogP contribution < -0.4 is 10.2 Å². The Hall–Kier alpha value is -3.64. The van der Waals surface area contributed by atoms with E-state index in [9.17, 15) is 0 Å². The van der Waals surface area contributed by atoms with Gasteiger partial charge in [-0.05, 0) is 63.6 Å². The molecule has 0 atom stereocenters. The minimum atomic E-state index is 0.600. The number of hydrogen-bond donors (Lipinski definition) is 1. The van der Waals surface area contributed by atoms with E-state index in [2.05, 4.69) is 90.2 Å². The molecule has 172 valence electrons. The number of anilines is 1. The molecule has 0 aliphatic rings. The molecule has 6 heteroatoms. The van der Waals surface area contributed by atoms with E-state index in [0.717, 1.165) is 33.2 Å². The third kappa shape index (κ3) is 4.41. The van der Waals surface area contributed by atoms with Crippen molar-refractivity contribution in [2.24, 2.45) is 5.10 Å². The van der Waals surface area contributed by atoms with Crippen molar-refractivity contribution in [3.63, 3.8) is 0 Å². The molecule has 0 fully saturated rings. The van der Waals surface area contributed by atoms with Gasteiger partial charge in [-0.1, -0.05) is 52.8 Å². The molecule has 5 rings (SSSR count). The van der Waals surface area contributed by atoms with Crippen LogP contribution in [0.1, 0.15) is 27.9 Å². The average molecular weight is 469 g/mol. The molecular weight excluding hydrogens is 440 g/mol. The van der Waals surface area contributed by atoms with Crippen LogP contribution in [-0.4, -0.2) is 22.4 Å². The highest BCUT2D eigenvalue weighted by molar-refractivity contribution is 7.22. The molecule has 34 heavy (non-hydrogen) atoms. The van der Waals surface area contributed by atoms with Crippen LogP contribution in [0, 0.1) is 27.7 Å². The van der Waals surface area contributed by atoms with Crippen molar-refractivity contribution >= 4 is 43.8 Å². The van der Waals surface area contributed by atoms with Gasteiger partial charge in [0.1, 0.15) is 12.4 Å². The van der Waals surface area contributed by atoms with Crippen molar-refractivity contribution in [2.75, 3.05) is 12.0 Å². The number of thiazole rings is 1. The summed E-state index contributed by atoms with van der Waals surface area (Å²) in [7, 11) is 0. The van der Waals surface area contributed by atoms with E-state index in [-0.39, 0.29) is 0 Å². The van der Waals surface area contributed by atoms with Crippen LogP contribution in [-0.2, 0) is 6.54 Å². The first-order chi connectivity index (χ1) is 16.5. The molecule has 0 saturated heterocycles. The number of nitrogens with one attached hydrogen (secondary N) is 1. The van der Waals surface area contributed by atoms with Gasteiger partial charge in [-0.2, -0.15) is 5.10 Å². The Morgan fingerprint density at radius 2 is 1.79 bits per heavy atom. The quantitative estimate of drug-likeness (QED) is 0.206. The van der Waals surface area contributed by atoms with Crippen LogP contribution in [0.5, 0.6) is 5.75 Å². The smallest absolute Gasteiger partial charge is 0.204 e. The summed E-state index contributed by atoms with van der Waals surface area (Å²) in [5.74, 6) is 0.942. The highest BCUT2D eigenvalue weighted by atomic mass is 32.1. The van der Waals surface area contributed by atoms with Crippen molar-refractivity contribution < 1.29 is 4.74 Å². The molecule has 0 radical (unpaired) electrons. The van der Waals surface area contributed by atoms with Gasteiger partial charge in [-0.3, -0.25) is 5.43 Å². The molecular formula is C28H28N4OS. The number of aryl methyl sites for hydroxylation is 3. The number of ether oxygens (including phenoxy) is 1. The van der Waals surface area contributed by atoms with E-state index < -0.39 is 0 Å². The zero-order chi connectivity index (χ0) is 23.7. The number of hydrogen-bond acceptors (Lipinski definition) is 5. The standard InChI is InChI=1S/C28H28N4OS/c1-18-10-12-26(20(3)15-18)33-14-13-32-21(4)23(22-16-19(2)9-11-25(22)32)17-29-31-28-30-24-7-5-6-8-27(24)34-28/h5-12,15-17H,13-14H2,1-4H3,(H,30,31). The minimum Gasteiger partial charge on any atom is -0.491 e. The van der Waals surface area contributed by atoms with Gasteiger partial charge in [0.2, 0.25) is 5.13 Å². The van der Waals surface area contributed by atoms with Gasteiger partial charge in [0.25, 0.3) is 0 Å².